The van der Waals surface area contributed by atoms with E-state index in [2.05, 4.69) is 9.88 Å². The van der Waals surface area contributed by atoms with Crippen molar-refractivity contribution in [3.8, 4) is 0 Å². The molecular weight excluding hydrogens is 316 g/mol. The molecule has 0 amide bonds. The second-order valence-electron chi connectivity index (χ2n) is 6.40. The topological polar surface area (TPSA) is 71.2 Å². The molecule has 1 saturated carbocycles. The number of aromatic nitrogens is 3. The van der Waals surface area contributed by atoms with Crippen molar-refractivity contribution in [2.24, 2.45) is 11.8 Å². The number of nitrogens with zero attached hydrogens (tertiary/aromatic N) is 4. The van der Waals surface area contributed by atoms with Gasteiger partial charge in [0.2, 0.25) is 5.28 Å². The van der Waals surface area contributed by atoms with Gasteiger partial charge in [0, 0.05) is 25.0 Å². The molecule has 7 heteroatoms. The molecular formula is C16H17ClN4O2. The number of carboxylic acid groups (broad SMARTS) is 1. The van der Waals surface area contributed by atoms with Crippen LogP contribution in [0.15, 0.2) is 18.3 Å². The first-order chi connectivity index (χ1) is 11.0. The fraction of sp³-hybridized carbons (Fsp3) is 0.438. The highest BCUT2D eigenvalue weighted by Gasteiger charge is 2.45. The summed E-state index contributed by atoms with van der Waals surface area (Å²) < 4.78 is 1.62. The largest absolute Gasteiger partial charge is 0.476 e. The van der Waals surface area contributed by atoms with Crippen molar-refractivity contribution in [3.63, 3.8) is 0 Å². The summed E-state index contributed by atoms with van der Waals surface area (Å²) in [6.07, 6.45) is 2.82. The minimum atomic E-state index is -1.08. The molecule has 1 N–H and O–H groups in total. The first-order valence-electron chi connectivity index (χ1n) is 7.68. The highest BCUT2D eigenvalue weighted by atomic mass is 35.5. The molecule has 0 bridgehead atoms. The van der Waals surface area contributed by atoms with Gasteiger partial charge in [-0.05, 0) is 48.4 Å². The van der Waals surface area contributed by atoms with E-state index in [0.717, 1.165) is 42.0 Å². The van der Waals surface area contributed by atoms with Crippen molar-refractivity contribution in [2.45, 2.75) is 19.9 Å². The van der Waals surface area contributed by atoms with Gasteiger partial charge < -0.3 is 14.6 Å². The van der Waals surface area contributed by atoms with Crippen LogP contribution in [0.1, 0.15) is 28.2 Å². The van der Waals surface area contributed by atoms with E-state index < -0.39 is 5.97 Å². The highest BCUT2D eigenvalue weighted by molar-refractivity contribution is 6.28. The maximum Gasteiger partial charge on any atom is 0.356 e. The summed E-state index contributed by atoms with van der Waals surface area (Å²) in [6, 6.07) is 4.08. The van der Waals surface area contributed by atoms with Crippen LogP contribution < -0.4 is 4.90 Å². The molecule has 120 valence electrons. The summed E-state index contributed by atoms with van der Waals surface area (Å²) >= 11 is 6.01. The molecule has 2 unspecified atom stereocenters. The third-order valence-corrected chi connectivity index (χ3v) is 5.07. The quantitative estimate of drug-likeness (QED) is 0.931. The van der Waals surface area contributed by atoms with Crippen LogP contribution in [0.2, 0.25) is 5.28 Å². The Bertz CT molecular complexity index is 778. The van der Waals surface area contributed by atoms with Crippen LogP contribution in [0, 0.1) is 18.8 Å². The second-order valence-corrected chi connectivity index (χ2v) is 6.74. The molecule has 1 saturated heterocycles. The third kappa shape index (κ3) is 2.67. The number of aryl methyl sites for hydroxylation is 1. The molecule has 1 aliphatic carbocycles. The van der Waals surface area contributed by atoms with Gasteiger partial charge >= 0.3 is 5.97 Å². The van der Waals surface area contributed by atoms with Crippen molar-refractivity contribution in [2.75, 3.05) is 18.0 Å². The lowest BCUT2D eigenvalue weighted by Gasteiger charge is -2.20. The Labute approximate surface area is 138 Å². The van der Waals surface area contributed by atoms with Crippen LogP contribution in [0.25, 0.3) is 0 Å². The molecule has 2 aromatic heterocycles. The number of fused-ring (bicyclic) bond motifs is 1. The predicted octanol–water partition coefficient (Wildman–Crippen LogP) is 2.44. The van der Waals surface area contributed by atoms with Crippen molar-refractivity contribution in [1.82, 2.24) is 14.5 Å². The number of hydrogen-bond acceptors (Lipinski definition) is 4. The Morgan fingerprint density at radius 1 is 1.35 bits per heavy atom. The standard InChI is InChI=1S/C16H17ClN4O2/c1-9-10(5-21-8-13(15(22)23)19-16(21)17)2-3-14(18-9)20-6-11-4-12(11)7-20/h2-3,8,11-12H,4-7H2,1H3,(H,22,23). The van der Waals surface area contributed by atoms with Gasteiger partial charge in [-0.15, -0.1) is 0 Å². The number of carboxylic acids is 1. The molecule has 4 rings (SSSR count). The summed E-state index contributed by atoms with van der Waals surface area (Å²) in [7, 11) is 0. The summed E-state index contributed by atoms with van der Waals surface area (Å²) in [5.74, 6) is 1.69. The van der Waals surface area contributed by atoms with Crippen LogP contribution >= 0.6 is 11.6 Å². The Morgan fingerprint density at radius 2 is 2.09 bits per heavy atom. The van der Waals surface area contributed by atoms with Crippen LogP contribution in [0.5, 0.6) is 0 Å². The van der Waals surface area contributed by atoms with Crippen LogP contribution in [0.3, 0.4) is 0 Å². The molecule has 6 nitrogen and oxygen atoms in total. The zero-order valence-corrected chi connectivity index (χ0v) is 13.5. The first-order valence-corrected chi connectivity index (χ1v) is 8.06. The van der Waals surface area contributed by atoms with Crippen LogP contribution in [-0.4, -0.2) is 38.7 Å². The van der Waals surface area contributed by atoms with E-state index in [1.165, 1.54) is 12.6 Å². The van der Waals surface area contributed by atoms with Crippen LogP contribution in [-0.2, 0) is 6.54 Å². The molecule has 0 spiro atoms. The molecule has 0 aromatic carbocycles. The van der Waals surface area contributed by atoms with E-state index in [1.54, 1.807) is 4.57 Å². The maximum atomic E-state index is 11.0. The Kier molecular flexibility index (Phi) is 3.30. The average Bonchev–Trinajstić information content (AvgIpc) is 2.94. The smallest absolute Gasteiger partial charge is 0.356 e. The van der Waals surface area contributed by atoms with Gasteiger partial charge in [0.05, 0.1) is 6.54 Å². The molecule has 2 aromatic rings. The van der Waals surface area contributed by atoms with E-state index >= 15 is 0 Å². The van der Waals surface area contributed by atoms with Gasteiger partial charge in [-0.3, -0.25) is 0 Å². The molecule has 0 radical (unpaired) electrons. The SMILES string of the molecule is Cc1nc(N2CC3CC3C2)ccc1Cn1cc(C(=O)O)nc1Cl. The van der Waals surface area contributed by atoms with Gasteiger partial charge in [0.25, 0.3) is 0 Å². The van der Waals surface area contributed by atoms with Gasteiger partial charge in [-0.25, -0.2) is 14.8 Å². The zero-order chi connectivity index (χ0) is 16.1. The van der Waals surface area contributed by atoms with E-state index in [-0.39, 0.29) is 11.0 Å². The lowest BCUT2D eigenvalue weighted by Crippen LogP contribution is -2.23. The minimum Gasteiger partial charge on any atom is -0.476 e. The van der Waals surface area contributed by atoms with Crippen LogP contribution in [0.4, 0.5) is 5.82 Å². The Morgan fingerprint density at radius 3 is 2.70 bits per heavy atom. The van der Waals surface area contributed by atoms with Crippen molar-refractivity contribution < 1.29 is 9.90 Å². The first kappa shape index (κ1) is 14.5. The summed E-state index contributed by atoms with van der Waals surface area (Å²) in [5, 5.41) is 9.15. The zero-order valence-electron chi connectivity index (χ0n) is 12.7. The van der Waals surface area contributed by atoms with Gasteiger partial charge in [-0.2, -0.15) is 0 Å². The molecule has 3 heterocycles. The minimum absolute atomic E-state index is 0.0477. The summed E-state index contributed by atoms with van der Waals surface area (Å²) in [4.78, 5) is 21.8. The number of piperidine rings is 1. The molecule has 2 aliphatic rings. The van der Waals surface area contributed by atoms with Crippen molar-refractivity contribution in [3.05, 3.63) is 40.6 Å². The lowest BCUT2D eigenvalue weighted by atomic mass is 10.2. The number of pyridine rings is 1. The van der Waals surface area contributed by atoms with E-state index in [0.29, 0.717) is 6.54 Å². The average molecular weight is 333 g/mol. The summed E-state index contributed by atoms with van der Waals surface area (Å²) in [6.45, 7) is 4.67. The fourth-order valence-corrected chi connectivity index (χ4v) is 3.50. The monoisotopic (exact) mass is 332 g/mol. The van der Waals surface area contributed by atoms with E-state index in [1.807, 2.05) is 19.1 Å². The lowest BCUT2D eigenvalue weighted by molar-refractivity contribution is 0.0691. The normalized spacial score (nSPS) is 22.3. The second kappa shape index (κ2) is 5.23. The predicted molar refractivity (Wildman–Crippen MR) is 86.1 cm³/mol. The van der Waals surface area contributed by atoms with Crippen molar-refractivity contribution >= 4 is 23.4 Å². The number of imidazole rings is 1. The van der Waals surface area contributed by atoms with Gasteiger partial charge in [-0.1, -0.05) is 6.07 Å². The number of anilines is 1. The highest BCUT2D eigenvalue weighted by Crippen LogP contribution is 2.45. The number of halogens is 1. The molecule has 1 aliphatic heterocycles. The number of carbonyl (C=O) groups is 1. The molecule has 23 heavy (non-hydrogen) atoms. The number of hydrogen-bond donors (Lipinski definition) is 1. The number of aromatic carboxylic acids is 1. The van der Waals surface area contributed by atoms with E-state index in [4.69, 9.17) is 21.7 Å². The van der Waals surface area contributed by atoms with Gasteiger partial charge in [0.15, 0.2) is 5.69 Å². The molecule has 2 atom stereocenters. The Hall–Kier alpha value is -2.08. The maximum absolute atomic E-state index is 11.0. The third-order valence-electron chi connectivity index (χ3n) is 4.77. The fourth-order valence-electron chi connectivity index (χ4n) is 3.30. The molecule has 2 fully saturated rings. The summed E-state index contributed by atoms with van der Waals surface area (Å²) in [5.41, 5.74) is 1.90. The van der Waals surface area contributed by atoms with Crippen molar-refractivity contribution in [1.29, 1.82) is 0 Å². The Balaban J connectivity index is 1.54. The van der Waals surface area contributed by atoms with E-state index in [9.17, 15) is 4.79 Å². The number of rotatable bonds is 4. The van der Waals surface area contributed by atoms with Gasteiger partial charge in [0.1, 0.15) is 5.82 Å².